The van der Waals surface area contributed by atoms with Crippen LogP contribution >= 0.6 is 0 Å². The van der Waals surface area contributed by atoms with Crippen molar-refractivity contribution in [3.05, 3.63) is 66.6 Å². The number of halogens is 2. The molecule has 0 saturated carbocycles. The zero-order chi connectivity index (χ0) is 23.8. The first-order chi connectivity index (χ1) is 16.4. The number of nitrogens with one attached hydrogen (secondary N) is 1. The van der Waals surface area contributed by atoms with Crippen LogP contribution in [0.3, 0.4) is 0 Å². The molecule has 4 aromatic rings. The number of aromatic nitrogens is 3. The quantitative estimate of drug-likeness (QED) is 0.420. The molecule has 174 valence electrons. The summed E-state index contributed by atoms with van der Waals surface area (Å²) in [4.78, 5) is 25.9. The van der Waals surface area contributed by atoms with Crippen molar-refractivity contribution in [3.63, 3.8) is 0 Å². The molecule has 10 heteroatoms. The average Bonchev–Trinajstić information content (AvgIpc) is 3.19. The van der Waals surface area contributed by atoms with Crippen LogP contribution in [0.1, 0.15) is 12.5 Å². The number of nitrogens with zero attached hydrogens (tertiary/aromatic N) is 5. The molecule has 2 aromatic heterocycles. The summed E-state index contributed by atoms with van der Waals surface area (Å²) in [6, 6.07) is 13.2. The summed E-state index contributed by atoms with van der Waals surface area (Å²) in [6.45, 7) is 0.0487. The van der Waals surface area contributed by atoms with Gasteiger partial charge in [-0.05, 0) is 49.4 Å². The number of amides is 2. The summed E-state index contributed by atoms with van der Waals surface area (Å²) >= 11 is 0. The maximum atomic E-state index is 13.8. The molecule has 0 radical (unpaired) electrons. The molecule has 0 atom stereocenters. The summed E-state index contributed by atoms with van der Waals surface area (Å²) in [7, 11) is 1.90. The number of aryl methyl sites for hydroxylation is 1. The molecule has 2 amide bonds. The minimum absolute atomic E-state index is 0.0185. The molecule has 0 aliphatic carbocycles. The number of ether oxygens (including phenoxy) is 1. The lowest BCUT2D eigenvalue weighted by Gasteiger charge is -2.37. The highest BCUT2D eigenvalue weighted by molar-refractivity contribution is 6.11. The zero-order valence-electron chi connectivity index (χ0n) is 18.6. The van der Waals surface area contributed by atoms with Gasteiger partial charge in [-0.25, -0.2) is 14.8 Å². The van der Waals surface area contributed by atoms with Crippen molar-refractivity contribution < 1.29 is 18.3 Å². The number of pyridine rings is 1. The molecule has 0 fully saturated rings. The van der Waals surface area contributed by atoms with Gasteiger partial charge in [-0.1, -0.05) is 0 Å². The lowest BCUT2D eigenvalue weighted by atomic mass is 10.1. The van der Waals surface area contributed by atoms with Gasteiger partial charge in [0.25, 0.3) is 0 Å². The minimum Gasteiger partial charge on any atom is -0.435 e. The molecule has 0 bridgehead atoms. The predicted molar refractivity (Wildman–Crippen MR) is 126 cm³/mol. The predicted octanol–water partition coefficient (Wildman–Crippen LogP) is 5.28. The van der Waals surface area contributed by atoms with Gasteiger partial charge in [-0.2, -0.15) is 8.78 Å². The number of hydrogen-bond donors (Lipinski definition) is 1. The molecule has 34 heavy (non-hydrogen) atoms. The topological polar surface area (TPSA) is 75.5 Å². The van der Waals surface area contributed by atoms with E-state index in [1.54, 1.807) is 34.5 Å². The fraction of sp³-hybridized carbons (Fsp3) is 0.208. The van der Waals surface area contributed by atoms with Gasteiger partial charge in [-0.3, -0.25) is 9.80 Å². The number of urea groups is 1. The van der Waals surface area contributed by atoms with E-state index in [2.05, 4.69) is 20.0 Å². The van der Waals surface area contributed by atoms with Crippen LogP contribution in [0, 0.1) is 0 Å². The zero-order valence-corrected chi connectivity index (χ0v) is 18.6. The Labute approximate surface area is 194 Å². The van der Waals surface area contributed by atoms with Crippen molar-refractivity contribution in [2.24, 2.45) is 7.05 Å². The van der Waals surface area contributed by atoms with Crippen LogP contribution < -0.4 is 19.9 Å². The SMILES string of the molecule is CCNc1cc2c(cn1)CN(c1ccc3ncn(C)c3c1)C(=O)N2c1ccc(OC(F)F)cc1. The third-order valence-electron chi connectivity index (χ3n) is 5.65. The number of anilines is 4. The number of rotatable bonds is 6. The van der Waals surface area contributed by atoms with Crippen molar-refractivity contribution >= 4 is 39.9 Å². The van der Waals surface area contributed by atoms with Gasteiger partial charge in [-0.15, -0.1) is 0 Å². The first-order valence-corrected chi connectivity index (χ1v) is 10.7. The van der Waals surface area contributed by atoms with Crippen LogP contribution in [0.15, 0.2) is 61.1 Å². The van der Waals surface area contributed by atoms with Gasteiger partial charge in [0.2, 0.25) is 0 Å². The van der Waals surface area contributed by atoms with Crippen LogP contribution in [-0.4, -0.2) is 33.7 Å². The van der Waals surface area contributed by atoms with E-state index in [9.17, 15) is 13.6 Å². The molecule has 1 N–H and O–H groups in total. The molecule has 0 spiro atoms. The molecule has 0 saturated heterocycles. The van der Waals surface area contributed by atoms with Crippen molar-refractivity contribution in [1.82, 2.24) is 14.5 Å². The molecule has 0 unspecified atom stereocenters. The molecular weight excluding hydrogens is 442 g/mol. The maximum absolute atomic E-state index is 13.8. The Hall–Kier alpha value is -4.21. The van der Waals surface area contributed by atoms with Crippen LogP contribution in [-0.2, 0) is 13.6 Å². The standard InChI is InChI=1S/C24H22F2N6O2/c1-3-27-22-11-20-15(12-28-22)13-31(17-6-9-19-21(10-17)30(2)14-29-19)24(33)32(20)16-4-7-18(8-5-16)34-23(25)26/h4-12,14,23H,3,13H2,1-2H3,(H,27,28). The number of carbonyl (C=O) groups is 1. The number of imidazole rings is 1. The summed E-state index contributed by atoms with van der Waals surface area (Å²) in [5, 5.41) is 3.17. The Kier molecular flexibility index (Phi) is 5.48. The van der Waals surface area contributed by atoms with E-state index in [0.717, 1.165) is 16.6 Å². The van der Waals surface area contributed by atoms with Gasteiger partial charge in [0.05, 0.1) is 35.3 Å². The Bertz CT molecular complexity index is 1360. The van der Waals surface area contributed by atoms with E-state index in [-0.39, 0.29) is 11.8 Å². The minimum atomic E-state index is -2.92. The Morgan fingerprint density at radius 1 is 1.09 bits per heavy atom. The largest absolute Gasteiger partial charge is 0.435 e. The highest BCUT2D eigenvalue weighted by atomic mass is 19.3. The second kappa shape index (κ2) is 8.62. The second-order valence-corrected chi connectivity index (χ2v) is 7.83. The van der Waals surface area contributed by atoms with Gasteiger partial charge >= 0.3 is 12.6 Å². The smallest absolute Gasteiger partial charge is 0.387 e. The van der Waals surface area contributed by atoms with Gasteiger partial charge in [0, 0.05) is 37.1 Å². The molecule has 2 aromatic carbocycles. The van der Waals surface area contributed by atoms with Crippen molar-refractivity contribution in [1.29, 1.82) is 0 Å². The fourth-order valence-corrected chi connectivity index (χ4v) is 4.05. The summed E-state index contributed by atoms with van der Waals surface area (Å²) in [6.07, 6.45) is 3.47. The molecular formula is C24H22F2N6O2. The van der Waals surface area contributed by atoms with Crippen LogP contribution in [0.5, 0.6) is 5.75 Å². The molecule has 3 heterocycles. The maximum Gasteiger partial charge on any atom is 0.387 e. The summed E-state index contributed by atoms with van der Waals surface area (Å²) in [5.74, 6) is 0.659. The van der Waals surface area contributed by atoms with Crippen molar-refractivity contribution in [2.45, 2.75) is 20.1 Å². The van der Waals surface area contributed by atoms with Gasteiger partial charge in [0.1, 0.15) is 11.6 Å². The summed E-state index contributed by atoms with van der Waals surface area (Å²) < 4.78 is 31.5. The normalized spacial score (nSPS) is 13.5. The van der Waals surface area contributed by atoms with E-state index in [1.807, 2.05) is 42.8 Å². The number of hydrogen-bond acceptors (Lipinski definition) is 5. The molecule has 5 rings (SSSR count). The average molecular weight is 464 g/mol. The number of carbonyl (C=O) groups excluding carboxylic acids is 1. The Morgan fingerprint density at radius 2 is 1.85 bits per heavy atom. The van der Waals surface area contributed by atoms with Gasteiger partial charge < -0.3 is 14.6 Å². The first-order valence-electron chi connectivity index (χ1n) is 10.7. The lowest BCUT2D eigenvalue weighted by molar-refractivity contribution is -0.0498. The van der Waals surface area contributed by atoms with Gasteiger partial charge in [0.15, 0.2) is 0 Å². The second-order valence-electron chi connectivity index (χ2n) is 7.83. The Morgan fingerprint density at radius 3 is 2.59 bits per heavy atom. The van der Waals surface area contributed by atoms with Crippen molar-refractivity contribution in [3.8, 4) is 5.75 Å². The van der Waals surface area contributed by atoms with Crippen LogP contribution in [0.2, 0.25) is 0 Å². The molecule has 8 nitrogen and oxygen atoms in total. The number of fused-ring (bicyclic) bond motifs is 2. The van der Waals surface area contributed by atoms with E-state index in [0.29, 0.717) is 36.0 Å². The van der Waals surface area contributed by atoms with Crippen molar-refractivity contribution in [2.75, 3.05) is 21.7 Å². The van der Waals surface area contributed by atoms with E-state index < -0.39 is 6.61 Å². The molecule has 1 aliphatic rings. The van der Waals surface area contributed by atoms with Crippen LogP contribution in [0.4, 0.5) is 36.5 Å². The molecule has 1 aliphatic heterocycles. The van der Waals surface area contributed by atoms with E-state index in [4.69, 9.17) is 0 Å². The fourth-order valence-electron chi connectivity index (χ4n) is 4.05. The highest BCUT2D eigenvalue weighted by Crippen LogP contribution is 2.38. The number of benzene rings is 2. The third kappa shape index (κ3) is 3.87. The monoisotopic (exact) mass is 464 g/mol. The van der Waals surface area contributed by atoms with Crippen LogP contribution in [0.25, 0.3) is 11.0 Å². The Balaban J connectivity index is 1.59. The third-order valence-corrected chi connectivity index (χ3v) is 5.65. The first kappa shape index (κ1) is 21.6. The lowest BCUT2D eigenvalue weighted by Crippen LogP contribution is -2.45. The number of alkyl halides is 2. The van der Waals surface area contributed by atoms with E-state index in [1.165, 1.54) is 12.1 Å². The summed E-state index contributed by atoms with van der Waals surface area (Å²) in [5.41, 5.74) is 4.49. The van der Waals surface area contributed by atoms with E-state index >= 15 is 0 Å². The highest BCUT2D eigenvalue weighted by Gasteiger charge is 2.33.